The van der Waals surface area contributed by atoms with Crippen molar-refractivity contribution < 1.29 is 14.3 Å². The van der Waals surface area contributed by atoms with Gasteiger partial charge in [-0.05, 0) is 55.5 Å². The van der Waals surface area contributed by atoms with E-state index < -0.39 is 6.10 Å². The van der Waals surface area contributed by atoms with E-state index in [1.165, 1.54) is 0 Å². The molecule has 7 heteroatoms. The second kappa shape index (κ2) is 9.32. The molecule has 1 unspecified atom stereocenters. The van der Waals surface area contributed by atoms with Crippen molar-refractivity contribution >= 4 is 17.2 Å². The summed E-state index contributed by atoms with van der Waals surface area (Å²) in [6, 6.07) is 13.5. The molecular weight excluding hydrogens is 374 g/mol. The van der Waals surface area contributed by atoms with Crippen LogP contribution in [0.15, 0.2) is 47.8 Å². The van der Waals surface area contributed by atoms with E-state index >= 15 is 0 Å². The van der Waals surface area contributed by atoms with E-state index in [-0.39, 0.29) is 5.91 Å². The van der Waals surface area contributed by atoms with E-state index in [4.69, 9.17) is 9.47 Å². The van der Waals surface area contributed by atoms with E-state index in [9.17, 15) is 4.79 Å². The molecule has 28 heavy (non-hydrogen) atoms. The van der Waals surface area contributed by atoms with Crippen LogP contribution in [-0.4, -0.2) is 35.4 Å². The molecule has 146 valence electrons. The summed E-state index contributed by atoms with van der Waals surface area (Å²) in [5.74, 6) is 0.956. The van der Waals surface area contributed by atoms with Crippen LogP contribution in [0.25, 0.3) is 10.6 Å². The third-order valence-corrected chi connectivity index (χ3v) is 4.97. The number of benzene rings is 1. The zero-order chi connectivity index (χ0) is 19.9. The molecule has 3 aromatic rings. The molecular formula is C21H23N3O3S. The van der Waals surface area contributed by atoms with Crippen molar-refractivity contribution in [3.05, 3.63) is 59.0 Å². The zero-order valence-electron chi connectivity index (χ0n) is 16.1. The van der Waals surface area contributed by atoms with Crippen LogP contribution in [0.1, 0.15) is 18.1 Å². The minimum absolute atomic E-state index is 0.191. The molecule has 0 spiro atoms. The van der Waals surface area contributed by atoms with Crippen molar-refractivity contribution in [2.24, 2.45) is 0 Å². The van der Waals surface area contributed by atoms with Gasteiger partial charge in [0.15, 0.2) is 6.10 Å². The summed E-state index contributed by atoms with van der Waals surface area (Å²) in [5, 5.41) is 13.0. The van der Waals surface area contributed by atoms with Gasteiger partial charge in [-0.15, -0.1) is 21.5 Å². The smallest absolute Gasteiger partial charge is 0.260 e. The largest absolute Gasteiger partial charge is 0.481 e. The van der Waals surface area contributed by atoms with Gasteiger partial charge in [-0.3, -0.25) is 4.79 Å². The van der Waals surface area contributed by atoms with Crippen molar-refractivity contribution in [3.63, 3.8) is 0 Å². The number of aryl methyl sites for hydroxylation is 2. The van der Waals surface area contributed by atoms with Gasteiger partial charge < -0.3 is 14.8 Å². The van der Waals surface area contributed by atoms with Crippen molar-refractivity contribution in [1.82, 2.24) is 15.5 Å². The highest BCUT2D eigenvalue weighted by molar-refractivity contribution is 7.13. The summed E-state index contributed by atoms with van der Waals surface area (Å²) < 4.78 is 11.3. The maximum Gasteiger partial charge on any atom is 0.260 e. The Morgan fingerprint density at radius 2 is 2.04 bits per heavy atom. The third kappa shape index (κ3) is 5.29. The molecule has 2 aromatic heterocycles. The lowest BCUT2D eigenvalue weighted by molar-refractivity contribution is -0.127. The third-order valence-electron chi connectivity index (χ3n) is 4.08. The number of aromatic nitrogens is 2. The lowest BCUT2D eigenvalue weighted by Gasteiger charge is -2.16. The van der Waals surface area contributed by atoms with Gasteiger partial charge in [-0.2, -0.15) is 0 Å². The van der Waals surface area contributed by atoms with Gasteiger partial charge in [0.1, 0.15) is 18.1 Å². The van der Waals surface area contributed by atoms with Gasteiger partial charge in [-0.25, -0.2) is 0 Å². The molecule has 0 saturated carbocycles. The Hall–Kier alpha value is -2.93. The van der Waals surface area contributed by atoms with Crippen LogP contribution >= 0.6 is 11.3 Å². The maximum atomic E-state index is 12.2. The minimum Gasteiger partial charge on any atom is -0.481 e. The average molecular weight is 398 g/mol. The first-order valence-electron chi connectivity index (χ1n) is 9.05. The second-order valence-corrected chi connectivity index (χ2v) is 7.35. The Morgan fingerprint density at radius 1 is 1.18 bits per heavy atom. The highest BCUT2D eigenvalue weighted by Gasteiger charge is 2.15. The number of nitrogens with one attached hydrogen (secondary N) is 1. The fraction of sp³-hybridized carbons (Fsp3) is 0.286. The molecule has 0 radical (unpaired) electrons. The highest BCUT2D eigenvalue weighted by Crippen LogP contribution is 2.23. The number of hydrogen-bond donors (Lipinski definition) is 1. The Kier molecular flexibility index (Phi) is 6.60. The lowest BCUT2D eigenvalue weighted by atomic mass is 10.1. The summed E-state index contributed by atoms with van der Waals surface area (Å²) >= 11 is 1.61. The molecule has 0 fully saturated rings. The summed E-state index contributed by atoms with van der Waals surface area (Å²) in [4.78, 5) is 13.3. The monoisotopic (exact) mass is 397 g/mol. The Balaban J connectivity index is 1.42. The Labute approximate surface area is 168 Å². The summed E-state index contributed by atoms with van der Waals surface area (Å²) in [6.07, 6.45) is -0.592. The summed E-state index contributed by atoms with van der Waals surface area (Å²) in [6.45, 7) is 6.33. The van der Waals surface area contributed by atoms with Crippen LogP contribution < -0.4 is 14.8 Å². The van der Waals surface area contributed by atoms with Crippen molar-refractivity contribution in [2.45, 2.75) is 26.9 Å². The molecule has 0 aliphatic rings. The van der Waals surface area contributed by atoms with Gasteiger partial charge in [0, 0.05) is 6.07 Å². The number of carbonyl (C=O) groups is 1. The lowest BCUT2D eigenvalue weighted by Crippen LogP contribution is -2.38. The van der Waals surface area contributed by atoms with Crippen LogP contribution in [0.4, 0.5) is 0 Å². The molecule has 0 aliphatic carbocycles. The highest BCUT2D eigenvalue weighted by atomic mass is 32.1. The van der Waals surface area contributed by atoms with Gasteiger partial charge in [-0.1, -0.05) is 18.2 Å². The SMILES string of the molecule is Cc1ccc(C)c(OC(C)C(=O)NCCOc2ccc(-c3cccs3)nn2)c1. The number of hydrogen-bond acceptors (Lipinski definition) is 6. The normalized spacial score (nSPS) is 11.7. The summed E-state index contributed by atoms with van der Waals surface area (Å²) in [5.41, 5.74) is 2.90. The first kappa shape index (κ1) is 19.8. The maximum absolute atomic E-state index is 12.2. The molecule has 3 rings (SSSR count). The van der Waals surface area contributed by atoms with Crippen LogP contribution in [-0.2, 0) is 4.79 Å². The van der Waals surface area contributed by atoms with E-state index in [1.54, 1.807) is 24.3 Å². The molecule has 6 nitrogen and oxygen atoms in total. The first-order valence-corrected chi connectivity index (χ1v) is 9.93. The Bertz CT molecular complexity index is 911. The van der Waals surface area contributed by atoms with Gasteiger partial charge in [0.05, 0.1) is 11.4 Å². The predicted molar refractivity (Wildman–Crippen MR) is 110 cm³/mol. The first-order chi connectivity index (χ1) is 13.5. The number of amides is 1. The molecule has 1 amide bonds. The van der Waals surface area contributed by atoms with Gasteiger partial charge in [0.25, 0.3) is 5.91 Å². The number of rotatable bonds is 8. The molecule has 0 bridgehead atoms. The average Bonchev–Trinajstić information content (AvgIpc) is 3.23. The van der Waals surface area contributed by atoms with Crippen LogP contribution in [0.3, 0.4) is 0 Å². The van der Waals surface area contributed by atoms with E-state index in [2.05, 4.69) is 15.5 Å². The van der Waals surface area contributed by atoms with E-state index in [0.29, 0.717) is 19.0 Å². The predicted octanol–water partition coefficient (Wildman–Crippen LogP) is 3.78. The Morgan fingerprint density at radius 3 is 2.75 bits per heavy atom. The van der Waals surface area contributed by atoms with Gasteiger partial charge >= 0.3 is 0 Å². The van der Waals surface area contributed by atoms with Crippen molar-refractivity contribution in [3.8, 4) is 22.2 Å². The fourth-order valence-corrected chi connectivity index (χ4v) is 3.20. The number of nitrogens with zero attached hydrogens (tertiary/aromatic N) is 2. The minimum atomic E-state index is -0.592. The standard InChI is InChI=1S/C21H23N3O3S/c1-14-6-7-15(2)18(13-14)27-16(3)21(25)22-10-11-26-20-9-8-17(23-24-20)19-5-4-12-28-19/h4-9,12-13,16H,10-11H2,1-3H3,(H,22,25). The molecule has 2 heterocycles. The molecule has 1 atom stereocenters. The van der Waals surface area contributed by atoms with Gasteiger partial charge in [0.2, 0.25) is 5.88 Å². The summed E-state index contributed by atoms with van der Waals surface area (Å²) in [7, 11) is 0. The quantitative estimate of drug-likeness (QED) is 0.586. The van der Waals surface area contributed by atoms with E-state index in [1.807, 2.05) is 55.6 Å². The van der Waals surface area contributed by atoms with Crippen molar-refractivity contribution in [1.29, 1.82) is 0 Å². The molecule has 1 aromatic carbocycles. The zero-order valence-corrected chi connectivity index (χ0v) is 17.0. The fourth-order valence-electron chi connectivity index (χ4n) is 2.50. The molecule has 0 aliphatic heterocycles. The number of thiophene rings is 1. The van der Waals surface area contributed by atoms with Crippen LogP contribution in [0.5, 0.6) is 11.6 Å². The van der Waals surface area contributed by atoms with Crippen LogP contribution in [0.2, 0.25) is 0 Å². The van der Waals surface area contributed by atoms with E-state index in [0.717, 1.165) is 27.4 Å². The van der Waals surface area contributed by atoms with Crippen LogP contribution in [0, 0.1) is 13.8 Å². The van der Waals surface area contributed by atoms with Crippen molar-refractivity contribution in [2.75, 3.05) is 13.2 Å². The topological polar surface area (TPSA) is 73.3 Å². The molecule has 1 N–H and O–H groups in total. The second-order valence-electron chi connectivity index (χ2n) is 6.40. The molecule has 0 saturated heterocycles. The number of ether oxygens (including phenoxy) is 2. The number of carbonyl (C=O) groups excluding carboxylic acids is 1.